The maximum absolute atomic E-state index is 12.7. The lowest BCUT2D eigenvalue weighted by Gasteiger charge is -2.18. The van der Waals surface area contributed by atoms with Gasteiger partial charge in [-0.15, -0.1) is 0 Å². The van der Waals surface area contributed by atoms with Crippen molar-refractivity contribution in [2.75, 3.05) is 13.2 Å². The summed E-state index contributed by atoms with van der Waals surface area (Å²) < 4.78 is 16.7. The Labute approximate surface area is 378 Å². The molecule has 0 aliphatic carbocycles. The molecule has 6 heteroatoms. The van der Waals surface area contributed by atoms with Gasteiger partial charge in [-0.2, -0.15) is 0 Å². The van der Waals surface area contributed by atoms with Crippen LogP contribution < -0.4 is 0 Å². The topological polar surface area (TPSA) is 78.9 Å². The zero-order valence-electron chi connectivity index (χ0n) is 40.7. The highest BCUT2D eigenvalue weighted by Crippen LogP contribution is 2.15. The van der Waals surface area contributed by atoms with Crippen LogP contribution in [0.15, 0.2) is 36.5 Å². The van der Waals surface area contributed by atoms with E-state index in [0.29, 0.717) is 19.3 Å². The van der Waals surface area contributed by atoms with Gasteiger partial charge in [-0.05, 0) is 64.2 Å². The standard InChI is InChI=1S/C55H100O6/c1-4-7-10-13-16-19-22-25-26-27-28-31-33-36-39-42-45-48-54(57)60-51-52(61-55(58)49-46-43-40-37-34-30-24-21-18-15-12-9-6-3)50-59-53(56)47-44-41-38-35-32-29-23-20-17-14-11-8-5-2/h29-30,32,34,40,43,52H,4-28,31,33,35-39,41-42,44-51H2,1-3H3/b32-29-,34-30-,43-40-. The first-order valence-electron chi connectivity index (χ1n) is 26.5. The Morgan fingerprint density at radius 2 is 0.623 bits per heavy atom. The van der Waals surface area contributed by atoms with Gasteiger partial charge in [-0.3, -0.25) is 14.4 Å². The number of hydrogen-bond acceptors (Lipinski definition) is 6. The average Bonchev–Trinajstić information content (AvgIpc) is 3.26. The number of carbonyl (C=O) groups excluding carboxylic acids is 3. The van der Waals surface area contributed by atoms with Crippen molar-refractivity contribution in [1.82, 2.24) is 0 Å². The van der Waals surface area contributed by atoms with Crippen LogP contribution in [0.1, 0.15) is 278 Å². The van der Waals surface area contributed by atoms with E-state index in [-0.39, 0.29) is 37.5 Å². The van der Waals surface area contributed by atoms with Crippen LogP contribution in [0, 0.1) is 0 Å². The highest BCUT2D eigenvalue weighted by molar-refractivity contribution is 5.71. The number of esters is 3. The van der Waals surface area contributed by atoms with Crippen molar-refractivity contribution >= 4 is 17.9 Å². The van der Waals surface area contributed by atoms with Gasteiger partial charge in [0.05, 0.1) is 0 Å². The van der Waals surface area contributed by atoms with Gasteiger partial charge in [0.15, 0.2) is 6.10 Å². The Morgan fingerprint density at radius 3 is 1.00 bits per heavy atom. The smallest absolute Gasteiger partial charge is 0.306 e. The molecule has 0 amide bonds. The molecule has 356 valence electrons. The summed E-state index contributed by atoms with van der Waals surface area (Å²) in [6.45, 7) is 6.58. The SMILES string of the molecule is CCCCCCCC/C=C\C/C=C\CCC(=O)OC(COC(=O)CCCCC/C=C\CCCCCCCC)COC(=O)CCCCCCCCCCCCCCCCCCC. The molecule has 0 aliphatic rings. The Morgan fingerprint density at radius 1 is 0.328 bits per heavy atom. The normalized spacial score (nSPS) is 12.2. The second-order valence-electron chi connectivity index (χ2n) is 17.8. The predicted molar refractivity (Wildman–Crippen MR) is 261 cm³/mol. The number of allylic oxidation sites excluding steroid dienone is 6. The van der Waals surface area contributed by atoms with Gasteiger partial charge in [0.25, 0.3) is 0 Å². The molecule has 0 aromatic rings. The second-order valence-corrected chi connectivity index (χ2v) is 17.8. The molecule has 0 spiro atoms. The monoisotopic (exact) mass is 857 g/mol. The van der Waals surface area contributed by atoms with Crippen LogP contribution in [0.4, 0.5) is 0 Å². The summed E-state index contributed by atoms with van der Waals surface area (Å²) >= 11 is 0. The second kappa shape index (κ2) is 50.3. The molecule has 0 N–H and O–H groups in total. The molecule has 0 saturated heterocycles. The zero-order valence-corrected chi connectivity index (χ0v) is 40.7. The van der Waals surface area contributed by atoms with Crippen LogP contribution in [-0.2, 0) is 28.6 Å². The molecule has 61 heavy (non-hydrogen) atoms. The van der Waals surface area contributed by atoms with Crippen molar-refractivity contribution in [2.24, 2.45) is 0 Å². The number of ether oxygens (including phenoxy) is 3. The number of unbranched alkanes of at least 4 members (excludes halogenated alkanes) is 31. The molecule has 0 heterocycles. The molecule has 0 rings (SSSR count). The molecule has 0 aromatic carbocycles. The van der Waals surface area contributed by atoms with Crippen molar-refractivity contribution < 1.29 is 28.6 Å². The highest BCUT2D eigenvalue weighted by atomic mass is 16.6. The fourth-order valence-electron chi connectivity index (χ4n) is 7.61. The Balaban J connectivity index is 4.39. The largest absolute Gasteiger partial charge is 0.462 e. The summed E-state index contributed by atoms with van der Waals surface area (Å²) in [5, 5.41) is 0. The molecule has 0 aromatic heterocycles. The molecular formula is C55H100O6. The summed E-state index contributed by atoms with van der Waals surface area (Å²) in [5.74, 6) is -0.970. The molecule has 0 saturated carbocycles. The van der Waals surface area contributed by atoms with Crippen LogP contribution in [0.2, 0.25) is 0 Å². The summed E-state index contributed by atoms with van der Waals surface area (Å²) in [6, 6.07) is 0. The first kappa shape index (κ1) is 58.6. The highest BCUT2D eigenvalue weighted by Gasteiger charge is 2.19. The van der Waals surface area contributed by atoms with Crippen LogP contribution in [-0.4, -0.2) is 37.2 Å². The predicted octanol–water partition coefficient (Wildman–Crippen LogP) is 17.3. The third-order valence-corrected chi connectivity index (χ3v) is 11.6. The van der Waals surface area contributed by atoms with E-state index in [1.165, 1.54) is 167 Å². The Kier molecular flexibility index (Phi) is 48.3. The fourth-order valence-corrected chi connectivity index (χ4v) is 7.61. The van der Waals surface area contributed by atoms with E-state index < -0.39 is 6.10 Å². The van der Waals surface area contributed by atoms with Gasteiger partial charge < -0.3 is 14.2 Å². The van der Waals surface area contributed by atoms with Crippen molar-refractivity contribution in [2.45, 2.75) is 284 Å². The van der Waals surface area contributed by atoms with E-state index in [9.17, 15) is 14.4 Å². The quantitative estimate of drug-likeness (QED) is 0.0262. The van der Waals surface area contributed by atoms with Gasteiger partial charge in [0, 0.05) is 19.3 Å². The fraction of sp³-hybridized carbons (Fsp3) is 0.836. The first-order chi connectivity index (χ1) is 30.0. The van der Waals surface area contributed by atoms with E-state index in [4.69, 9.17) is 14.2 Å². The molecule has 0 bridgehead atoms. The first-order valence-corrected chi connectivity index (χ1v) is 26.5. The lowest BCUT2D eigenvalue weighted by molar-refractivity contribution is -0.166. The molecule has 6 nitrogen and oxygen atoms in total. The summed E-state index contributed by atoms with van der Waals surface area (Å²) in [4.78, 5) is 37.9. The van der Waals surface area contributed by atoms with Crippen molar-refractivity contribution in [3.8, 4) is 0 Å². The molecular weight excluding hydrogens is 757 g/mol. The molecule has 1 unspecified atom stereocenters. The van der Waals surface area contributed by atoms with Gasteiger partial charge in [0.1, 0.15) is 13.2 Å². The average molecular weight is 857 g/mol. The van der Waals surface area contributed by atoms with E-state index >= 15 is 0 Å². The summed E-state index contributed by atoms with van der Waals surface area (Å²) in [6.07, 6.45) is 58.6. The molecule has 0 radical (unpaired) electrons. The van der Waals surface area contributed by atoms with E-state index in [2.05, 4.69) is 51.2 Å². The maximum Gasteiger partial charge on any atom is 0.306 e. The lowest BCUT2D eigenvalue weighted by atomic mass is 10.0. The maximum atomic E-state index is 12.7. The number of carbonyl (C=O) groups is 3. The Hall–Kier alpha value is -2.37. The van der Waals surface area contributed by atoms with E-state index in [0.717, 1.165) is 64.2 Å². The lowest BCUT2D eigenvalue weighted by Crippen LogP contribution is -2.30. The van der Waals surface area contributed by atoms with Crippen molar-refractivity contribution in [1.29, 1.82) is 0 Å². The van der Waals surface area contributed by atoms with Crippen LogP contribution in [0.5, 0.6) is 0 Å². The minimum Gasteiger partial charge on any atom is -0.462 e. The Bertz CT molecular complexity index is 1030. The minimum atomic E-state index is -0.804. The van der Waals surface area contributed by atoms with Gasteiger partial charge >= 0.3 is 17.9 Å². The summed E-state index contributed by atoms with van der Waals surface area (Å²) in [7, 11) is 0. The third-order valence-electron chi connectivity index (χ3n) is 11.6. The van der Waals surface area contributed by atoms with Crippen LogP contribution in [0.3, 0.4) is 0 Å². The molecule has 1 atom stereocenters. The van der Waals surface area contributed by atoms with E-state index in [1.807, 2.05) is 6.08 Å². The molecule has 0 fully saturated rings. The van der Waals surface area contributed by atoms with Crippen LogP contribution in [0.25, 0.3) is 0 Å². The third kappa shape index (κ3) is 48.5. The zero-order chi connectivity index (χ0) is 44.4. The minimum absolute atomic E-state index is 0.0961. The summed E-state index contributed by atoms with van der Waals surface area (Å²) in [5.41, 5.74) is 0. The molecule has 0 aliphatic heterocycles. The number of rotatable bonds is 48. The van der Waals surface area contributed by atoms with Gasteiger partial charge in [-0.25, -0.2) is 0 Å². The van der Waals surface area contributed by atoms with E-state index in [1.54, 1.807) is 0 Å². The number of hydrogen-bond donors (Lipinski definition) is 0. The van der Waals surface area contributed by atoms with Gasteiger partial charge in [-0.1, -0.05) is 231 Å². The van der Waals surface area contributed by atoms with Crippen molar-refractivity contribution in [3.05, 3.63) is 36.5 Å². The van der Waals surface area contributed by atoms with Crippen LogP contribution >= 0.6 is 0 Å². The van der Waals surface area contributed by atoms with Crippen molar-refractivity contribution in [3.63, 3.8) is 0 Å². The van der Waals surface area contributed by atoms with Gasteiger partial charge in [0.2, 0.25) is 0 Å².